The molecule has 4 aromatic rings. The van der Waals surface area contributed by atoms with Gasteiger partial charge in [-0.05, 0) is 40.8 Å². The Kier molecular flexibility index (Phi) is 4.83. The minimum atomic E-state index is 0.562. The van der Waals surface area contributed by atoms with Gasteiger partial charge in [-0.1, -0.05) is 72.8 Å². The fourth-order valence-corrected chi connectivity index (χ4v) is 2.92. The van der Waals surface area contributed by atoms with Gasteiger partial charge >= 0.3 is 0 Å². The molecule has 4 aromatic carbocycles. The summed E-state index contributed by atoms with van der Waals surface area (Å²) in [6.45, 7) is 1.13. The maximum atomic E-state index is 6.03. The monoisotopic (exact) mass is 340 g/mol. The molecule has 0 spiro atoms. The largest absolute Gasteiger partial charge is 0.489 e. The third-order valence-corrected chi connectivity index (χ3v) is 4.30. The molecule has 128 valence electrons. The van der Waals surface area contributed by atoms with Gasteiger partial charge in [0, 0.05) is 5.39 Å². The second kappa shape index (κ2) is 7.75. The summed E-state index contributed by atoms with van der Waals surface area (Å²) < 4.78 is 12.0. The normalized spacial score (nSPS) is 10.6. The predicted molar refractivity (Wildman–Crippen MR) is 105 cm³/mol. The van der Waals surface area contributed by atoms with E-state index in [1.54, 1.807) is 0 Å². The number of hydrogen-bond donors (Lipinski definition) is 0. The third kappa shape index (κ3) is 3.86. The van der Waals surface area contributed by atoms with Gasteiger partial charge in [0.05, 0.1) is 0 Å². The summed E-state index contributed by atoms with van der Waals surface area (Å²) in [6, 6.07) is 32.6. The minimum Gasteiger partial charge on any atom is -0.489 e. The van der Waals surface area contributed by atoms with Crippen LogP contribution in [0.5, 0.6) is 11.5 Å². The predicted octanol–water partition coefficient (Wildman–Crippen LogP) is 6.00. The van der Waals surface area contributed by atoms with Crippen LogP contribution < -0.4 is 9.47 Å². The van der Waals surface area contributed by atoms with Gasteiger partial charge in [-0.3, -0.25) is 0 Å². The maximum absolute atomic E-state index is 6.03. The van der Waals surface area contributed by atoms with Crippen LogP contribution in [0, 0.1) is 0 Å². The molecule has 0 atom stereocenters. The average Bonchev–Trinajstić information content (AvgIpc) is 2.72. The van der Waals surface area contributed by atoms with Gasteiger partial charge in [-0.15, -0.1) is 0 Å². The van der Waals surface area contributed by atoms with Crippen molar-refractivity contribution in [2.75, 3.05) is 0 Å². The smallest absolute Gasteiger partial charge is 0.127 e. The lowest BCUT2D eigenvalue weighted by Crippen LogP contribution is -1.97. The van der Waals surface area contributed by atoms with E-state index < -0.39 is 0 Å². The molecule has 2 heteroatoms. The Balaban J connectivity index is 1.50. The first-order valence-electron chi connectivity index (χ1n) is 8.75. The lowest BCUT2D eigenvalue weighted by atomic mass is 10.1. The quantitative estimate of drug-likeness (QED) is 0.429. The SMILES string of the molecule is c1ccc(COc2ccc3c(OCc4ccccc4)cccc3c2)cc1. The van der Waals surface area contributed by atoms with Crippen molar-refractivity contribution < 1.29 is 9.47 Å². The van der Waals surface area contributed by atoms with Crippen LogP contribution in [0.1, 0.15) is 11.1 Å². The Morgan fingerprint density at radius 2 is 1.19 bits per heavy atom. The van der Waals surface area contributed by atoms with Gasteiger partial charge in [0.2, 0.25) is 0 Å². The molecule has 0 aliphatic rings. The summed E-state index contributed by atoms with van der Waals surface area (Å²) in [4.78, 5) is 0. The molecule has 0 N–H and O–H groups in total. The van der Waals surface area contributed by atoms with Crippen LogP contribution >= 0.6 is 0 Å². The standard InChI is InChI=1S/C24H20O2/c1-3-8-19(9-4-1)17-25-22-14-15-23-21(16-22)12-7-13-24(23)26-18-20-10-5-2-6-11-20/h1-16H,17-18H2. The first-order chi connectivity index (χ1) is 12.9. The highest BCUT2D eigenvalue weighted by molar-refractivity contribution is 5.89. The van der Waals surface area contributed by atoms with E-state index in [2.05, 4.69) is 42.5 Å². The second-order valence-corrected chi connectivity index (χ2v) is 6.19. The van der Waals surface area contributed by atoms with Crippen LogP contribution in [0.4, 0.5) is 0 Å². The van der Waals surface area contributed by atoms with Gasteiger partial charge in [-0.25, -0.2) is 0 Å². The first-order valence-corrected chi connectivity index (χ1v) is 8.75. The fourth-order valence-electron chi connectivity index (χ4n) is 2.92. The van der Waals surface area contributed by atoms with Crippen molar-refractivity contribution in [1.82, 2.24) is 0 Å². The van der Waals surface area contributed by atoms with E-state index in [1.165, 1.54) is 0 Å². The lowest BCUT2D eigenvalue weighted by Gasteiger charge is -2.11. The first kappa shape index (κ1) is 16.2. The van der Waals surface area contributed by atoms with Crippen molar-refractivity contribution in [2.45, 2.75) is 13.2 Å². The molecule has 0 aliphatic carbocycles. The number of rotatable bonds is 6. The minimum absolute atomic E-state index is 0.562. The molecular formula is C24H20O2. The van der Waals surface area contributed by atoms with E-state index in [1.807, 2.05) is 54.6 Å². The molecule has 0 aromatic heterocycles. The zero-order valence-corrected chi connectivity index (χ0v) is 14.5. The third-order valence-electron chi connectivity index (χ3n) is 4.30. The van der Waals surface area contributed by atoms with Crippen LogP contribution in [0.15, 0.2) is 97.1 Å². The van der Waals surface area contributed by atoms with Crippen molar-refractivity contribution >= 4 is 10.8 Å². The molecule has 0 heterocycles. The highest BCUT2D eigenvalue weighted by Crippen LogP contribution is 2.29. The highest BCUT2D eigenvalue weighted by Gasteiger charge is 2.05. The van der Waals surface area contributed by atoms with E-state index in [-0.39, 0.29) is 0 Å². The van der Waals surface area contributed by atoms with Gasteiger partial charge in [-0.2, -0.15) is 0 Å². The summed E-state index contributed by atoms with van der Waals surface area (Å²) in [5.74, 6) is 1.75. The number of fused-ring (bicyclic) bond motifs is 1. The Labute approximate surface area is 153 Å². The number of benzene rings is 4. The zero-order valence-electron chi connectivity index (χ0n) is 14.5. The molecule has 26 heavy (non-hydrogen) atoms. The van der Waals surface area contributed by atoms with E-state index in [0.717, 1.165) is 33.4 Å². The van der Waals surface area contributed by atoms with E-state index in [0.29, 0.717) is 13.2 Å². The maximum Gasteiger partial charge on any atom is 0.127 e. The summed E-state index contributed by atoms with van der Waals surface area (Å²) >= 11 is 0. The Bertz CT molecular complexity index is 979. The zero-order chi connectivity index (χ0) is 17.6. The molecule has 0 fully saturated rings. The topological polar surface area (TPSA) is 18.5 Å². The molecule has 0 unspecified atom stereocenters. The van der Waals surface area contributed by atoms with E-state index in [9.17, 15) is 0 Å². The van der Waals surface area contributed by atoms with Gasteiger partial charge in [0.15, 0.2) is 0 Å². The van der Waals surface area contributed by atoms with Gasteiger partial charge in [0.25, 0.3) is 0 Å². The summed E-state index contributed by atoms with van der Waals surface area (Å²) in [5, 5.41) is 2.21. The van der Waals surface area contributed by atoms with E-state index in [4.69, 9.17) is 9.47 Å². The molecule has 0 bridgehead atoms. The second-order valence-electron chi connectivity index (χ2n) is 6.19. The molecule has 2 nitrogen and oxygen atoms in total. The van der Waals surface area contributed by atoms with Gasteiger partial charge in [0.1, 0.15) is 24.7 Å². The lowest BCUT2D eigenvalue weighted by molar-refractivity contribution is 0.306. The Morgan fingerprint density at radius 1 is 0.538 bits per heavy atom. The van der Waals surface area contributed by atoms with Crippen molar-refractivity contribution in [1.29, 1.82) is 0 Å². The van der Waals surface area contributed by atoms with Crippen LogP contribution in [0.25, 0.3) is 10.8 Å². The summed E-state index contributed by atoms with van der Waals surface area (Å²) in [5.41, 5.74) is 2.32. The van der Waals surface area contributed by atoms with Crippen molar-refractivity contribution in [3.63, 3.8) is 0 Å². The van der Waals surface area contributed by atoms with Crippen LogP contribution in [0.2, 0.25) is 0 Å². The average molecular weight is 340 g/mol. The van der Waals surface area contributed by atoms with Crippen molar-refractivity contribution in [3.8, 4) is 11.5 Å². The molecular weight excluding hydrogens is 320 g/mol. The van der Waals surface area contributed by atoms with Gasteiger partial charge < -0.3 is 9.47 Å². The molecule has 0 radical (unpaired) electrons. The summed E-state index contributed by atoms with van der Waals surface area (Å²) in [6.07, 6.45) is 0. The molecule has 4 rings (SSSR count). The van der Waals surface area contributed by atoms with Crippen molar-refractivity contribution in [2.24, 2.45) is 0 Å². The highest BCUT2D eigenvalue weighted by atomic mass is 16.5. The van der Waals surface area contributed by atoms with Crippen molar-refractivity contribution in [3.05, 3.63) is 108 Å². The van der Waals surface area contributed by atoms with Crippen LogP contribution in [-0.2, 0) is 13.2 Å². The summed E-state index contributed by atoms with van der Waals surface area (Å²) in [7, 11) is 0. The molecule has 0 aliphatic heterocycles. The van der Waals surface area contributed by atoms with Crippen LogP contribution in [0.3, 0.4) is 0 Å². The molecule has 0 amide bonds. The van der Waals surface area contributed by atoms with Crippen LogP contribution in [-0.4, -0.2) is 0 Å². The molecule has 0 saturated heterocycles. The Hall–Kier alpha value is -3.26. The Morgan fingerprint density at radius 3 is 1.88 bits per heavy atom. The van der Waals surface area contributed by atoms with E-state index >= 15 is 0 Å². The number of hydrogen-bond acceptors (Lipinski definition) is 2. The number of ether oxygens (including phenoxy) is 2. The fraction of sp³-hybridized carbons (Fsp3) is 0.0833. The molecule has 0 saturated carbocycles.